The number of imidazole rings is 1. The Morgan fingerprint density at radius 3 is 3.00 bits per heavy atom. The van der Waals surface area contributed by atoms with Crippen LogP contribution in [0.5, 0.6) is 0 Å². The van der Waals surface area contributed by atoms with E-state index in [0.717, 1.165) is 5.65 Å². The van der Waals surface area contributed by atoms with Gasteiger partial charge in [0, 0.05) is 30.9 Å². The van der Waals surface area contributed by atoms with E-state index < -0.39 is 0 Å². The van der Waals surface area contributed by atoms with Crippen LogP contribution in [0.2, 0.25) is 0 Å². The Kier molecular flexibility index (Phi) is 4.43. The molecule has 0 aliphatic carbocycles. The number of carbonyl (C=O) groups excluding carboxylic acids is 2. The SMILES string of the molecule is CC(=O)NCc1ccc(-c2csc(NC(=O)c3ccc4nccn4c3)n2)o1. The van der Waals surface area contributed by atoms with E-state index in [0.29, 0.717) is 34.5 Å². The second kappa shape index (κ2) is 7.04. The molecule has 0 aliphatic heterocycles. The van der Waals surface area contributed by atoms with Crippen LogP contribution in [-0.4, -0.2) is 26.2 Å². The molecule has 0 radical (unpaired) electrons. The first-order chi connectivity index (χ1) is 13.1. The van der Waals surface area contributed by atoms with Crippen LogP contribution in [0, 0.1) is 0 Å². The van der Waals surface area contributed by atoms with Crippen molar-refractivity contribution in [1.82, 2.24) is 19.7 Å². The summed E-state index contributed by atoms with van der Waals surface area (Å²) in [6.45, 7) is 1.77. The molecule has 4 aromatic rings. The van der Waals surface area contributed by atoms with Crippen molar-refractivity contribution in [3.8, 4) is 11.5 Å². The van der Waals surface area contributed by atoms with Gasteiger partial charge in [0.15, 0.2) is 10.9 Å². The molecule has 0 fully saturated rings. The van der Waals surface area contributed by atoms with E-state index in [4.69, 9.17) is 4.42 Å². The van der Waals surface area contributed by atoms with Crippen molar-refractivity contribution in [2.24, 2.45) is 0 Å². The number of hydrogen-bond acceptors (Lipinski definition) is 6. The van der Waals surface area contributed by atoms with Gasteiger partial charge in [-0.15, -0.1) is 11.3 Å². The second-order valence-corrected chi connectivity index (χ2v) is 6.64. The number of furan rings is 1. The van der Waals surface area contributed by atoms with Crippen LogP contribution >= 0.6 is 11.3 Å². The summed E-state index contributed by atoms with van der Waals surface area (Å²) in [5.41, 5.74) is 1.90. The van der Waals surface area contributed by atoms with Crippen LogP contribution in [0.15, 0.2) is 52.7 Å². The first-order valence-electron chi connectivity index (χ1n) is 8.11. The Morgan fingerprint density at radius 1 is 1.26 bits per heavy atom. The number of aromatic nitrogens is 3. The van der Waals surface area contributed by atoms with Gasteiger partial charge in [-0.1, -0.05) is 0 Å². The molecule has 0 bridgehead atoms. The first kappa shape index (κ1) is 17.0. The highest BCUT2D eigenvalue weighted by molar-refractivity contribution is 7.14. The van der Waals surface area contributed by atoms with E-state index in [1.165, 1.54) is 18.3 Å². The van der Waals surface area contributed by atoms with E-state index in [1.807, 2.05) is 0 Å². The van der Waals surface area contributed by atoms with Crippen molar-refractivity contribution in [3.63, 3.8) is 0 Å². The summed E-state index contributed by atoms with van der Waals surface area (Å²) < 4.78 is 7.45. The van der Waals surface area contributed by atoms with Gasteiger partial charge in [-0.05, 0) is 24.3 Å². The zero-order valence-electron chi connectivity index (χ0n) is 14.3. The highest BCUT2D eigenvalue weighted by atomic mass is 32.1. The van der Waals surface area contributed by atoms with Crippen molar-refractivity contribution in [3.05, 3.63) is 59.6 Å². The van der Waals surface area contributed by atoms with Gasteiger partial charge < -0.3 is 14.1 Å². The van der Waals surface area contributed by atoms with Crippen LogP contribution in [0.25, 0.3) is 17.1 Å². The number of amides is 2. The fourth-order valence-electron chi connectivity index (χ4n) is 2.49. The van der Waals surface area contributed by atoms with Gasteiger partial charge in [-0.25, -0.2) is 9.97 Å². The number of thiazole rings is 1. The largest absolute Gasteiger partial charge is 0.458 e. The fourth-order valence-corrected chi connectivity index (χ4v) is 3.18. The monoisotopic (exact) mass is 381 g/mol. The topological polar surface area (TPSA) is 102 Å². The first-order valence-corrected chi connectivity index (χ1v) is 8.99. The molecule has 27 heavy (non-hydrogen) atoms. The minimum absolute atomic E-state index is 0.125. The number of rotatable bonds is 5. The third-order valence-electron chi connectivity index (χ3n) is 3.80. The zero-order valence-corrected chi connectivity index (χ0v) is 15.1. The summed E-state index contributed by atoms with van der Waals surface area (Å²) >= 11 is 1.31. The molecule has 0 atom stereocenters. The van der Waals surface area contributed by atoms with Crippen LogP contribution in [-0.2, 0) is 11.3 Å². The molecule has 9 heteroatoms. The average molecular weight is 381 g/mol. The molecule has 2 N–H and O–H groups in total. The van der Waals surface area contributed by atoms with Gasteiger partial charge in [0.25, 0.3) is 5.91 Å². The van der Waals surface area contributed by atoms with Crippen molar-refractivity contribution >= 4 is 33.9 Å². The lowest BCUT2D eigenvalue weighted by atomic mass is 10.2. The van der Waals surface area contributed by atoms with Gasteiger partial charge in [0.05, 0.1) is 12.1 Å². The molecule has 4 rings (SSSR count). The van der Waals surface area contributed by atoms with E-state index in [1.54, 1.807) is 52.6 Å². The molecule has 4 aromatic heterocycles. The Labute approximate surface area is 157 Å². The van der Waals surface area contributed by atoms with Gasteiger partial charge in [-0.3, -0.25) is 14.9 Å². The molecule has 0 aromatic carbocycles. The molecule has 4 heterocycles. The van der Waals surface area contributed by atoms with Crippen LogP contribution < -0.4 is 10.6 Å². The van der Waals surface area contributed by atoms with E-state index in [-0.39, 0.29) is 11.8 Å². The molecule has 0 aliphatic rings. The van der Waals surface area contributed by atoms with Gasteiger partial charge in [-0.2, -0.15) is 0 Å². The number of pyridine rings is 1. The third kappa shape index (κ3) is 3.72. The summed E-state index contributed by atoms with van der Waals surface area (Å²) in [6.07, 6.45) is 5.17. The molecule has 2 amide bonds. The minimum Gasteiger partial charge on any atom is -0.458 e. The predicted molar refractivity (Wildman–Crippen MR) is 100 cm³/mol. The fraction of sp³-hybridized carbons (Fsp3) is 0.111. The van der Waals surface area contributed by atoms with Gasteiger partial charge >= 0.3 is 0 Å². The van der Waals surface area contributed by atoms with Crippen LogP contribution in [0.4, 0.5) is 5.13 Å². The second-order valence-electron chi connectivity index (χ2n) is 5.78. The number of nitrogens with one attached hydrogen (secondary N) is 2. The van der Waals surface area contributed by atoms with Crippen LogP contribution in [0.3, 0.4) is 0 Å². The van der Waals surface area contributed by atoms with Crippen molar-refractivity contribution in [1.29, 1.82) is 0 Å². The zero-order chi connectivity index (χ0) is 18.8. The Morgan fingerprint density at radius 2 is 2.15 bits per heavy atom. The molecular formula is C18H15N5O3S. The normalized spacial score (nSPS) is 10.9. The summed E-state index contributed by atoms with van der Waals surface area (Å²) in [7, 11) is 0. The molecule has 0 spiro atoms. The van der Waals surface area contributed by atoms with Crippen LogP contribution in [0.1, 0.15) is 23.0 Å². The lowest BCUT2D eigenvalue weighted by Gasteiger charge is -2.02. The van der Waals surface area contributed by atoms with Crippen molar-refractivity contribution in [2.45, 2.75) is 13.5 Å². The number of anilines is 1. The molecule has 0 unspecified atom stereocenters. The standard InChI is InChI=1S/C18H15N5O3S/c1-11(24)20-8-13-3-4-15(26-13)14-10-27-18(21-14)22-17(25)12-2-5-16-19-6-7-23(16)9-12/h2-7,9-10H,8H2,1H3,(H,20,24)(H,21,22,25). The summed E-state index contributed by atoms with van der Waals surface area (Å²) in [5.74, 6) is 0.831. The van der Waals surface area contributed by atoms with Crippen molar-refractivity contribution in [2.75, 3.05) is 5.32 Å². The van der Waals surface area contributed by atoms with E-state index in [2.05, 4.69) is 20.6 Å². The highest BCUT2D eigenvalue weighted by Gasteiger charge is 2.13. The third-order valence-corrected chi connectivity index (χ3v) is 4.56. The maximum Gasteiger partial charge on any atom is 0.258 e. The summed E-state index contributed by atoms with van der Waals surface area (Å²) in [4.78, 5) is 31.9. The molecule has 136 valence electrons. The average Bonchev–Trinajstić information content (AvgIpc) is 3.39. The molecule has 0 saturated heterocycles. The van der Waals surface area contributed by atoms with Crippen molar-refractivity contribution < 1.29 is 14.0 Å². The Balaban J connectivity index is 1.46. The van der Waals surface area contributed by atoms with E-state index >= 15 is 0 Å². The maximum absolute atomic E-state index is 12.4. The molecule has 8 nitrogen and oxygen atoms in total. The lowest BCUT2D eigenvalue weighted by molar-refractivity contribution is -0.119. The van der Waals surface area contributed by atoms with Gasteiger partial charge in [0.1, 0.15) is 17.1 Å². The predicted octanol–water partition coefficient (Wildman–Crippen LogP) is 2.94. The number of carbonyl (C=O) groups is 2. The number of nitrogens with zero attached hydrogens (tertiary/aromatic N) is 3. The van der Waals surface area contributed by atoms with E-state index in [9.17, 15) is 9.59 Å². The smallest absolute Gasteiger partial charge is 0.258 e. The quantitative estimate of drug-likeness (QED) is 0.553. The minimum atomic E-state index is -0.253. The summed E-state index contributed by atoms with van der Waals surface area (Å²) in [6, 6.07) is 7.06. The molecular weight excluding hydrogens is 366 g/mol. The molecule has 0 saturated carbocycles. The number of hydrogen-bond donors (Lipinski definition) is 2. The Hall–Kier alpha value is -3.46. The highest BCUT2D eigenvalue weighted by Crippen LogP contribution is 2.27. The summed E-state index contributed by atoms with van der Waals surface area (Å²) in [5, 5.41) is 7.74. The number of fused-ring (bicyclic) bond motifs is 1. The lowest BCUT2D eigenvalue weighted by Crippen LogP contribution is -2.18. The van der Waals surface area contributed by atoms with Gasteiger partial charge in [0.2, 0.25) is 5.91 Å². The Bertz CT molecular complexity index is 1130. The maximum atomic E-state index is 12.4.